The maximum atomic E-state index is 13.3. The van der Waals surface area contributed by atoms with Gasteiger partial charge in [0.05, 0.1) is 36.5 Å². The number of nitrogens with one attached hydrogen (secondary N) is 3. The van der Waals surface area contributed by atoms with Crippen molar-refractivity contribution in [1.29, 1.82) is 0 Å². The number of aliphatic hydroxyl groups is 1. The number of rotatable bonds is 7. The highest BCUT2D eigenvalue weighted by Crippen LogP contribution is 2.26. The van der Waals surface area contributed by atoms with Crippen LogP contribution in [0.25, 0.3) is 11.0 Å². The standard InChI is InChI=1S/C18H21FN6O2/c19-12-1-2-13-15(7-12)23-17(22-13)9-21-16-8-14(11-3-6-27-10-11)24-18(25-16)20-4-5-26/h1-2,7-8,11,26H,3-6,9-10H2,(H,22,23)(H2,20,21,24,25). The van der Waals surface area contributed by atoms with E-state index in [1.165, 1.54) is 12.1 Å². The molecular formula is C18H21FN6O2. The first-order valence-corrected chi connectivity index (χ1v) is 8.91. The average Bonchev–Trinajstić information content (AvgIpc) is 3.34. The predicted octanol–water partition coefficient (Wildman–Crippen LogP) is 2.01. The largest absolute Gasteiger partial charge is 0.395 e. The molecule has 4 N–H and O–H groups in total. The number of aromatic nitrogens is 4. The number of fused-ring (bicyclic) bond motifs is 1. The second-order valence-electron chi connectivity index (χ2n) is 6.41. The molecule has 1 atom stereocenters. The molecule has 0 radical (unpaired) electrons. The lowest BCUT2D eigenvalue weighted by Gasteiger charge is -2.13. The number of hydrogen-bond acceptors (Lipinski definition) is 7. The van der Waals surface area contributed by atoms with Crippen LogP contribution in [-0.4, -0.2) is 51.4 Å². The van der Waals surface area contributed by atoms with E-state index in [0.717, 1.165) is 18.7 Å². The number of imidazole rings is 1. The topological polar surface area (TPSA) is 108 Å². The van der Waals surface area contributed by atoms with Gasteiger partial charge >= 0.3 is 0 Å². The van der Waals surface area contributed by atoms with E-state index in [-0.39, 0.29) is 18.3 Å². The number of hydrogen-bond donors (Lipinski definition) is 4. The maximum absolute atomic E-state index is 13.3. The Balaban J connectivity index is 1.52. The first-order valence-electron chi connectivity index (χ1n) is 8.91. The highest BCUT2D eigenvalue weighted by molar-refractivity contribution is 5.75. The van der Waals surface area contributed by atoms with Crippen molar-refractivity contribution in [1.82, 2.24) is 19.9 Å². The van der Waals surface area contributed by atoms with Crippen LogP contribution in [0.2, 0.25) is 0 Å². The number of aliphatic hydroxyl groups excluding tert-OH is 1. The second kappa shape index (κ2) is 7.85. The zero-order valence-electron chi connectivity index (χ0n) is 14.7. The van der Waals surface area contributed by atoms with Crippen LogP contribution in [0.1, 0.15) is 23.9 Å². The third-order valence-electron chi connectivity index (χ3n) is 4.42. The molecule has 0 saturated carbocycles. The van der Waals surface area contributed by atoms with E-state index in [0.29, 0.717) is 48.3 Å². The molecule has 0 bridgehead atoms. The first-order chi connectivity index (χ1) is 13.2. The molecule has 142 valence electrons. The quantitative estimate of drug-likeness (QED) is 0.502. The van der Waals surface area contributed by atoms with Crippen LogP contribution in [0.5, 0.6) is 0 Å². The molecule has 0 aliphatic carbocycles. The first kappa shape index (κ1) is 17.6. The van der Waals surface area contributed by atoms with Crippen LogP contribution in [-0.2, 0) is 11.3 Å². The minimum atomic E-state index is -0.301. The number of ether oxygens (including phenoxy) is 1. The van der Waals surface area contributed by atoms with Crippen molar-refractivity contribution in [2.45, 2.75) is 18.9 Å². The Morgan fingerprint density at radius 3 is 2.96 bits per heavy atom. The van der Waals surface area contributed by atoms with Crippen LogP contribution in [0, 0.1) is 5.82 Å². The van der Waals surface area contributed by atoms with Gasteiger partial charge < -0.3 is 25.5 Å². The normalized spacial score (nSPS) is 16.7. The van der Waals surface area contributed by atoms with Crippen LogP contribution in [0.4, 0.5) is 16.2 Å². The van der Waals surface area contributed by atoms with Crippen molar-refractivity contribution in [3.05, 3.63) is 41.6 Å². The molecule has 1 aliphatic rings. The summed E-state index contributed by atoms with van der Waals surface area (Å²) in [4.78, 5) is 16.5. The van der Waals surface area contributed by atoms with Gasteiger partial charge in [0.25, 0.3) is 0 Å². The van der Waals surface area contributed by atoms with E-state index in [2.05, 4.69) is 30.6 Å². The number of H-pyrrole nitrogens is 1. The van der Waals surface area contributed by atoms with Gasteiger partial charge in [-0.2, -0.15) is 4.98 Å². The van der Waals surface area contributed by atoms with Crippen molar-refractivity contribution < 1.29 is 14.2 Å². The summed E-state index contributed by atoms with van der Waals surface area (Å²) in [5.41, 5.74) is 2.27. The van der Waals surface area contributed by atoms with Crippen LogP contribution in [0.15, 0.2) is 24.3 Å². The van der Waals surface area contributed by atoms with Crippen molar-refractivity contribution in [2.24, 2.45) is 0 Å². The fourth-order valence-electron chi connectivity index (χ4n) is 3.07. The molecule has 1 fully saturated rings. The number of aromatic amines is 1. The Bertz CT molecular complexity index is 925. The van der Waals surface area contributed by atoms with Gasteiger partial charge in [0.15, 0.2) is 0 Å². The Hall–Kier alpha value is -2.78. The molecule has 9 heteroatoms. The van der Waals surface area contributed by atoms with Crippen molar-refractivity contribution in [3.8, 4) is 0 Å². The minimum absolute atomic E-state index is 0.00155. The molecule has 1 aromatic carbocycles. The molecule has 27 heavy (non-hydrogen) atoms. The lowest BCUT2D eigenvalue weighted by atomic mass is 10.0. The molecule has 2 aromatic heterocycles. The molecule has 1 unspecified atom stereocenters. The molecule has 0 spiro atoms. The summed E-state index contributed by atoms with van der Waals surface area (Å²) in [5, 5.41) is 15.3. The lowest BCUT2D eigenvalue weighted by molar-refractivity contribution is 0.193. The zero-order valence-corrected chi connectivity index (χ0v) is 14.7. The number of anilines is 2. The van der Waals surface area contributed by atoms with Gasteiger partial charge in [-0.1, -0.05) is 0 Å². The average molecular weight is 372 g/mol. The highest BCUT2D eigenvalue weighted by atomic mass is 19.1. The van der Waals surface area contributed by atoms with Crippen LogP contribution in [0.3, 0.4) is 0 Å². The van der Waals surface area contributed by atoms with E-state index < -0.39 is 0 Å². The summed E-state index contributed by atoms with van der Waals surface area (Å²) in [6, 6.07) is 6.36. The monoisotopic (exact) mass is 372 g/mol. The molecule has 0 amide bonds. The Morgan fingerprint density at radius 2 is 2.15 bits per heavy atom. The fourth-order valence-corrected chi connectivity index (χ4v) is 3.07. The van der Waals surface area contributed by atoms with Gasteiger partial charge in [0.1, 0.15) is 17.5 Å². The van der Waals surface area contributed by atoms with Crippen molar-refractivity contribution in [3.63, 3.8) is 0 Å². The molecule has 3 aromatic rings. The van der Waals surface area contributed by atoms with E-state index in [1.54, 1.807) is 6.07 Å². The Morgan fingerprint density at radius 1 is 1.22 bits per heavy atom. The zero-order chi connectivity index (χ0) is 18.6. The van der Waals surface area contributed by atoms with E-state index in [1.807, 2.05) is 6.07 Å². The fraction of sp³-hybridized carbons (Fsp3) is 0.389. The van der Waals surface area contributed by atoms with Gasteiger partial charge in [0, 0.05) is 25.1 Å². The highest BCUT2D eigenvalue weighted by Gasteiger charge is 2.21. The SMILES string of the molecule is OCCNc1nc(NCc2nc3ccc(F)cc3[nH]2)cc(C2CCOC2)n1. The summed E-state index contributed by atoms with van der Waals surface area (Å²) in [5.74, 6) is 1.73. The Labute approximate surface area is 155 Å². The molecule has 1 aliphatic heterocycles. The van der Waals surface area contributed by atoms with Crippen LogP contribution >= 0.6 is 0 Å². The third-order valence-corrected chi connectivity index (χ3v) is 4.42. The van der Waals surface area contributed by atoms with Gasteiger partial charge in [0.2, 0.25) is 5.95 Å². The van der Waals surface area contributed by atoms with Gasteiger partial charge in [-0.15, -0.1) is 0 Å². The number of nitrogens with zero attached hydrogens (tertiary/aromatic N) is 3. The van der Waals surface area contributed by atoms with E-state index in [4.69, 9.17) is 9.84 Å². The van der Waals surface area contributed by atoms with Gasteiger partial charge in [-0.3, -0.25) is 0 Å². The van der Waals surface area contributed by atoms with Gasteiger partial charge in [-0.25, -0.2) is 14.4 Å². The maximum Gasteiger partial charge on any atom is 0.224 e. The van der Waals surface area contributed by atoms with E-state index in [9.17, 15) is 4.39 Å². The van der Waals surface area contributed by atoms with Crippen molar-refractivity contribution in [2.75, 3.05) is 37.0 Å². The third kappa shape index (κ3) is 4.15. The number of benzene rings is 1. The van der Waals surface area contributed by atoms with Crippen LogP contribution < -0.4 is 10.6 Å². The number of halogens is 1. The summed E-state index contributed by atoms with van der Waals surface area (Å²) in [6.07, 6.45) is 0.922. The second-order valence-corrected chi connectivity index (χ2v) is 6.41. The summed E-state index contributed by atoms with van der Waals surface area (Å²) in [6.45, 7) is 2.16. The molecule has 4 rings (SSSR count). The predicted molar refractivity (Wildman–Crippen MR) is 99.2 cm³/mol. The molecular weight excluding hydrogens is 351 g/mol. The van der Waals surface area contributed by atoms with Gasteiger partial charge in [-0.05, 0) is 24.6 Å². The summed E-state index contributed by atoms with van der Waals surface area (Å²) >= 11 is 0. The molecule has 1 saturated heterocycles. The smallest absolute Gasteiger partial charge is 0.224 e. The minimum Gasteiger partial charge on any atom is -0.395 e. The molecule has 8 nitrogen and oxygen atoms in total. The van der Waals surface area contributed by atoms with Crippen molar-refractivity contribution >= 4 is 22.8 Å². The van der Waals surface area contributed by atoms with E-state index >= 15 is 0 Å². The Kier molecular flexibility index (Phi) is 5.12. The summed E-state index contributed by atoms with van der Waals surface area (Å²) < 4.78 is 18.8. The lowest BCUT2D eigenvalue weighted by Crippen LogP contribution is -2.13. The summed E-state index contributed by atoms with van der Waals surface area (Å²) in [7, 11) is 0. The molecule has 3 heterocycles.